The van der Waals surface area contributed by atoms with Gasteiger partial charge in [0.2, 0.25) is 5.91 Å². The standard InChI is InChI=1S/C13H15ClN2OS2/c1-9(17)15-6-7-16-13(10-3-2-8-18-10)11-4-5-12(14)19-11/h2-5,8,13,16H,6-7H2,1H3,(H,15,17). The Kier molecular flexibility index (Phi) is 5.39. The topological polar surface area (TPSA) is 41.1 Å². The number of rotatable bonds is 6. The monoisotopic (exact) mass is 314 g/mol. The van der Waals surface area contributed by atoms with E-state index in [0.29, 0.717) is 6.54 Å². The Morgan fingerprint density at radius 2 is 2.16 bits per heavy atom. The van der Waals surface area contributed by atoms with Crippen LogP contribution >= 0.6 is 34.3 Å². The molecule has 1 amide bonds. The Bertz CT molecular complexity index is 524. The zero-order valence-corrected chi connectivity index (χ0v) is 12.9. The predicted octanol–water partition coefficient (Wildman–Crippen LogP) is 3.28. The summed E-state index contributed by atoms with van der Waals surface area (Å²) in [5.74, 6) is -0.00589. The second kappa shape index (κ2) is 7.05. The van der Waals surface area contributed by atoms with Gasteiger partial charge in [-0.1, -0.05) is 17.7 Å². The largest absolute Gasteiger partial charge is 0.355 e. The third kappa shape index (κ3) is 4.31. The number of halogens is 1. The normalized spacial score (nSPS) is 12.3. The first kappa shape index (κ1) is 14.5. The lowest BCUT2D eigenvalue weighted by Crippen LogP contribution is -2.32. The number of carbonyl (C=O) groups is 1. The fourth-order valence-electron chi connectivity index (χ4n) is 1.74. The SMILES string of the molecule is CC(=O)NCCNC(c1cccs1)c1ccc(Cl)s1. The molecule has 2 N–H and O–H groups in total. The number of carbonyl (C=O) groups excluding carboxylic acids is 1. The van der Waals surface area contributed by atoms with Gasteiger partial charge in [0.15, 0.2) is 0 Å². The molecule has 0 spiro atoms. The average Bonchev–Trinajstić information content (AvgIpc) is 3.00. The Morgan fingerprint density at radius 1 is 1.32 bits per heavy atom. The molecule has 1 unspecified atom stereocenters. The maximum absolute atomic E-state index is 10.8. The lowest BCUT2D eigenvalue weighted by Gasteiger charge is -2.16. The van der Waals surface area contributed by atoms with Crippen molar-refractivity contribution in [2.45, 2.75) is 13.0 Å². The van der Waals surface area contributed by atoms with Gasteiger partial charge in [0.25, 0.3) is 0 Å². The summed E-state index contributed by atoms with van der Waals surface area (Å²) in [6, 6.07) is 8.25. The van der Waals surface area contributed by atoms with Gasteiger partial charge in [0.05, 0.1) is 10.4 Å². The van der Waals surface area contributed by atoms with Gasteiger partial charge < -0.3 is 10.6 Å². The quantitative estimate of drug-likeness (QED) is 0.803. The van der Waals surface area contributed by atoms with Crippen molar-refractivity contribution in [2.75, 3.05) is 13.1 Å². The molecule has 1 atom stereocenters. The van der Waals surface area contributed by atoms with Crippen molar-refractivity contribution >= 4 is 40.2 Å². The third-order valence-electron chi connectivity index (χ3n) is 2.55. The van der Waals surface area contributed by atoms with E-state index < -0.39 is 0 Å². The highest BCUT2D eigenvalue weighted by Crippen LogP contribution is 2.32. The lowest BCUT2D eigenvalue weighted by molar-refractivity contribution is -0.118. The number of amides is 1. The zero-order valence-electron chi connectivity index (χ0n) is 10.5. The molecule has 0 aliphatic carbocycles. The molecule has 2 heterocycles. The van der Waals surface area contributed by atoms with Gasteiger partial charge in [-0.15, -0.1) is 22.7 Å². The van der Waals surface area contributed by atoms with E-state index in [1.54, 1.807) is 22.7 Å². The molecular formula is C13H15ClN2OS2. The zero-order chi connectivity index (χ0) is 13.7. The van der Waals surface area contributed by atoms with Crippen LogP contribution in [0, 0.1) is 0 Å². The van der Waals surface area contributed by atoms with E-state index >= 15 is 0 Å². The fraction of sp³-hybridized carbons (Fsp3) is 0.308. The minimum absolute atomic E-state index is 0.00589. The van der Waals surface area contributed by atoms with Crippen LogP contribution in [0.25, 0.3) is 0 Å². The highest BCUT2D eigenvalue weighted by Gasteiger charge is 2.16. The average molecular weight is 315 g/mol. The van der Waals surface area contributed by atoms with Crippen molar-refractivity contribution in [3.63, 3.8) is 0 Å². The van der Waals surface area contributed by atoms with Crippen molar-refractivity contribution in [3.05, 3.63) is 43.7 Å². The maximum Gasteiger partial charge on any atom is 0.216 e. The molecule has 2 rings (SSSR count). The first-order valence-electron chi connectivity index (χ1n) is 5.93. The van der Waals surface area contributed by atoms with Gasteiger partial charge in [-0.25, -0.2) is 0 Å². The van der Waals surface area contributed by atoms with Gasteiger partial charge in [0.1, 0.15) is 0 Å². The van der Waals surface area contributed by atoms with E-state index in [1.807, 2.05) is 18.2 Å². The fourth-order valence-corrected chi connectivity index (χ4v) is 3.78. The molecule has 102 valence electrons. The molecule has 0 aliphatic heterocycles. The van der Waals surface area contributed by atoms with Gasteiger partial charge in [-0.2, -0.15) is 0 Å². The van der Waals surface area contributed by atoms with Crippen LogP contribution in [0.2, 0.25) is 4.34 Å². The maximum atomic E-state index is 10.8. The van der Waals surface area contributed by atoms with Crippen LogP contribution in [0.4, 0.5) is 0 Å². The Balaban J connectivity index is 2.01. The molecule has 0 bridgehead atoms. The molecule has 2 aromatic heterocycles. The van der Waals surface area contributed by atoms with E-state index in [0.717, 1.165) is 10.9 Å². The second-order valence-electron chi connectivity index (χ2n) is 4.03. The number of hydrogen-bond acceptors (Lipinski definition) is 4. The Hall–Kier alpha value is -0.880. The predicted molar refractivity (Wildman–Crippen MR) is 82.2 cm³/mol. The van der Waals surface area contributed by atoms with E-state index in [2.05, 4.69) is 22.1 Å². The molecule has 2 aromatic rings. The first-order valence-corrected chi connectivity index (χ1v) is 8.00. The van der Waals surface area contributed by atoms with Crippen LogP contribution in [0.3, 0.4) is 0 Å². The van der Waals surface area contributed by atoms with Crippen molar-refractivity contribution in [1.82, 2.24) is 10.6 Å². The van der Waals surface area contributed by atoms with Crippen LogP contribution in [-0.4, -0.2) is 19.0 Å². The summed E-state index contributed by atoms with van der Waals surface area (Å²) in [7, 11) is 0. The van der Waals surface area contributed by atoms with E-state index in [4.69, 9.17) is 11.6 Å². The number of thiophene rings is 2. The van der Waals surface area contributed by atoms with E-state index in [1.165, 1.54) is 16.7 Å². The molecule has 0 radical (unpaired) electrons. The summed E-state index contributed by atoms with van der Waals surface area (Å²) >= 11 is 9.30. The minimum atomic E-state index is -0.00589. The molecule has 0 saturated carbocycles. The lowest BCUT2D eigenvalue weighted by atomic mass is 10.2. The molecule has 3 nitrogen and oxygen atoms in total. The Labute approximate surface area is 125 Å². The minimum Gasteiger partial charge on any atom is -0.355 e. The second-order valence-corrected chi connectivity index (χ2v) is 6.75. The number of hydrogen-bond donors (Lipinski definition) is 2. The van der Waals surface area contributed by atoms with Crippen LogP contribution in [0.15, 0.2) is 29.6 Å². The summed E-state index contributed by atoms with van der Waals surface area (Å²) in [6.07, 6.45) is 0. The summed E-state index contributed by atoms with van der Waals surface area (Å²) in [6.45, 7) is 2.86. The van der Waals surface area contributed by atoms with E-state index in [9.17, 15) is 4.79 Å². The Morgan fingerprint density at radius 3 is 2.74 bits per heavy atom. The molecule has 0 saturated heterocycles. The van der Waals surface area contributed by atoms with Gasteiger partial charge in [0, 0.05) is 29.8 Å². The summed E-state index contributed by atoms with van der Waals surface area (Å²) < 4.78 is 0.792. The van der Waals surface area contributed by atoms with Gasteiger partial charge in [-0.3, -0.25) is 4.79 Å². The van der Waals surface area contributed by atoms with Crippen molar-refractivity contribution in [2.24, 2.45) is 0 Å². The third-order valence-corrected chi connectivity index (χ3v) is 4.79. The van der Waals surface area contributed by atoms with Crippen molar-refractivity contribution in [1.29, 1.82) is 0 Å². The van der Waals surface area contributed by atoms with Crippen LogP contribution in [-0.2, 0) is 4.79 Å². The summed E-state index contributed by atoms with van der Waals surface area (Å²) in [5, 5.41) is 8.30. The smallest absolute Gasteiger partial charge is 0.216 e. The summed E-state index contributed by atoms with van der Waals surface area (Å²) in [5.41, 5.74) is 0. The molecule has 0 aromatic carbocycles. The van der Waals surface area contributed by atoms with Crippen LogP contribution < -0.4 is 10.6 Å². The number of nitrogens with one attached hydrogen (secondary N) is 2. The molecule has 19 heavy (non-hydrogen) atoms. The molecule has 6 heteroatoms. The molecular weight excluding hydrogens is 300 g/mol. The highest BCUT2D eigenvalue weighted by molar-refractivity contribution is 7.16. The van der Waals surface area contributed by atoms with Crippen LogP contribution in [0.5, 0.6) is 0 Å². The highest BCUT2D eigenvalue weighted by atomic mass is 35.5. The van der Waals surface area contributed by atoms with Crippen LogP contribution in [0.1, 0.15) is 22.7 Å². The molecule has 0 aliphatic rings. The summed E-state index contributed by atoms with van der Waals surface area (Å²) in [4.78, 5) is 13.3. The van der Waals surface area contributed by atoms with Crippen molar-refractivity contribution < 1.29 is 4.79 Å². The van der Waals surface area contributed by atoms with Crippen molar-refractivity contribution in [3.8, 4) is 0 Å². The molecule has 0 fully saturated rings. The first-order chi connectivity index (χ1) is 9.16. The van der Waals surface area contributed by atoms with Gasteiger partial charge in [-0.05, 0) is 23.6 Å². The van der Waals surface area contributed by atoms with E-state index in [-0.39, 0.29) is 11.9 Å². The van der Waals surface area contributed by atoms with Gasteiger partial charge >= 0.3 is 0 Å².